The molecular weight excluding hydrogens is 204 g/mol. The molecule has 0 radical (unpaired) electrons. The third kappa shape index (κ3) is 2.04. The van der Waals surface area contributed by atoms with E-state index in [1.165, 1.54) is 7.11 Å². The van der Waals surface area contributed by atoms with Crippen molar-refractivity contribution in [3.05, 3.63) is 30.1 Å². The molecule has 0 spiro atoms. The van der Waals surface area contributed by atoms with Crippen molar-refractivity contribution in [2.24, 2.45) is 0 Å². The van der Waals surface area contributed by atoms with Crippen LogP contribution in [0.2, 0.25) is 0 Å². The summed E-state index contributed by atoms with van der Waals surface area (Å²) in [6.07, 6.45) is 1.72. The van der Waals surface area contributed by atoms with Crippen LogP contribution in [0, 0.1) is 11.8 Å². The van der Waals surface area contributed by atoms with E-state index in [2.05, 4.69) is 26.5 Å². The van der Waals surface area contributed by atoms with Crippen LogP contribution in [0.1, 0.15) is 12.0 Å². The number of benzene rings is 1. The van der Waals surface area contributed by atoms with E-state index in [0.29, 0.717) is 0 Å². The summed E-state index contributed by atoms with van der Waals surface area (Å²) >= 11 is 0. The number of H-pyrrole nitrogens is 1. The summed E-state index contributed by atoms with van der Waals surface area (Å²) in [5.74, 6) is 5.33. The number of aromatic nitrogens is 2. The van der Waals surface area contributed by atoms with E-state index < -0.39 is 0 Å². The topological polar surface area (TPSA) is 55.0 Å². The molecule has 0 aliphatic heterocycles. The third-order valence-corrected chi connectivity index (χ3v) is 2.13. The number of rotatable bonds is 1. The highest BCUT2D eigenvalue weighted by Crippen LogP contribution is 2.12. The van der Waals surface area contributed by atoms with Crippen LogP contribution >= 0.6 is 0 Å². The summed E-state index contributed by atoms with van der Waals surface area (Å²) in [7, 11) is 1.35. The Morgan fingerprint density at radius 2 is 2.44 bits per heavy atom. The van der Waals surface area contributed by atoms with Crippen LogP contribution in [-0.2, 0) is 9.53 Å². The Labute approximate surface area is 92.6 Å². The van der Waals surface area contributed by atoms with Crippen LogP contribution in [0.5, 0.6) is 0 Å². The Hall–Kier alpha value is -2.28. The molecule has 0 bridgehead atoms. The number of aromatic amines is 1. The smallest absolute Gasteiger partial charge is 0.317 e. The van der Waals surface area contributed by atoms with Gasteiger partial charge in [-0.25, -0.2) is 4.98 Å². The lowest BCUT2D eigenvalue weighted by atomic mass is 10.2. The van der Waals surface area contributed by atoms with Crippen LogP contribution in [0.15, 0.2) is 24.5 Å². The number of hydrogen-bond acceptors (Lipinski definition) is 3. The molecule has 0 amide bonds. The fraction of sp³-hybridized carbons (Fsp3) is 0.167. The second-order valence-corrected chi connectivity index (χ2v) is 3.16. The molecule has 0 aliphatic carbocycles. The van der Waals surface area contributed by atoms with E-state index in [1.54, 1.807) is 6.33 Å². The zero-order valence-corrected chi connectivity index (χ0v) is 8.78. The van der Waals surface area contributed by atoms with Crippen molar-refractivity contribution in [2.45, 2.75) is 6.42 Å². The van der Waals surface area contributed by atoms with Gasteiger partial charge in [0.15, 0.2) is 0 Å². The first-order chi connectivity index (χ1) is 7.81. The molecule has 4 nitrogen and oxygen atoms in total. The molecule has 2 rings (SSSR count). The maximum Gasteiger partial charge on any atom is 0.317 e. The minimum atomic E-state index is -0.332. The van der Waals surface area contributed by atoms with E-state index in [-0.39, 0.29) is 12.4 Å². The molecule has 0 saturated heterocycles. The van der Waals surface area contributed by atoms with Gasteiger partial charge in [-0.05, 0) is 12.1 Å². The molecule has 1 aromatic carbocycles. The minimum Gasteiger partial charge on any atom is -0.468 e. The van der Waals surface area contributed by atoms with Crippen molar-refractivity contribution in [3.63, 3.8) is 0 Å². The molecule has 0 saturated carbocycles. The predicted octanol–water partition coefficient (Wildman–Crippen LogP) is 1.48. The second kappa shape index (κ2) is 4.49. The lowest BCUT2D eigenvalue weighted by Crippen LogP contribution is -1.97. The number of para-hydroxylation sites is 1. The van der Waals surface area contributed by atoms with Gasteiger partial charge in [-0.1, -0.05) is 17.9 Å². The summed E-state index contributed by atoms with van der Waals surface area (Å²) in [5, 5.41) is 0. The van der Waals surface area contributed by atoms with Crippen molar-refractivity contribution < 1.29 is 9.53 Å². The number of nitrogens with one attached hydrogen (secondary N) is 1. The van der Waals surface area contributed by atoms with Crippen LogP contribution < -0.4 is 0 Å². The lowest BCUT2D eigenvalue weighted by molar-refractivity contribution is -0.139. The highest BCUT2D eigenvalue weighted by atomic mass is 16.5. The second-order valence-electron chi connectivity index (χ2n) is 3.16. The Kier molecular flexibility index (Phi) is 2.88. The van der Waals surface area contributed by atoms with E-state index in [0.717, 1.165) is 16.6 Å². The molecule has 0 aliphatic rings. The van der Waals surface area contributed by atoms with Gasteiger partial charge in [0.2, 0.25) is 0 Å². The van der Waals surface area contributed by atoms with E-state index in [1.807, 2.05) is 18.2 Å². The Balaban J connectivity index is 2.27. The maximum atomic E-state index is 10.9. The van der Waals surface area contributed by atoms with Crippen LogP contribution in [0.25, 0.3) is 11.0 Å². The highest BCUT2D eigenvalue weighted by Gasteiger charge is 2.00. The number of hydrogen-bond donors (Lipinski definition) is 1. The van der Waals surface area contributed by atoms with Crippen molar-refractivity contribution in [2.75, 3.05) is 7.11 Å². The first-order valence-corrected chi connectivity index (χ1v) is 4.79. The quantitative estimate of drug-likeness (QED) is 0.577. The van der Waals surface area contributed by atoms with Gasteiger partial charge in [-0.15, -0.1) is 0 Å². The Morgan fingerprint density at radius 3 is 3.25 bits per heavy atom. The largest absolute Gasteiger partial charge is 0.468 e. The molecule has 1 heterocycles. The Bertz CT molecular complexity index is 575. The summed E-state index contributed by atoms with van der Waals surface area (Å²) in [6.45, 7) is 0. The lowest BCUT2D eigenvalue weighted by Gasteiger charge is -1.92. The SMILES string of the molecule is COC(=O)CC#Cc1cccc2[nH]cnc12. The molecule has 2 aromatic rings. The molecule has 1 aromatic heterocycles. The average molecular weight is 214 g/mol. The normalized spacial score (nSPS) is 9.56. The van der Waals surface area contributed by atoms with Crippen molar-refractivity contribution in [1.29, 1.82) is 0 Å². The molecule has 0 atom stereocenters. The number of ether oxygens (including phenoxy) is 1. The monoisotopic (exact) mass is 214 g/mol. The van der Waals surface area contributed by atoms with Gasteiger partial charge < -0.3 is 9.72 Å². The van der Waals surface area contributed by atoms with Crippen molar-refractivity contribution >= 4 is 17.0 Å². The van der Waals surface area contributed by atoms with E-state index in [9.17, 15) is 4.79 Å². The number of nitrogens with zero attached hydrogens (tertiary/aromatic N) is 1. The van der Waals surface area contributed by atoms with Gasteiger partial charge in [0.05, 0.1) is 24.5 Å². The number of esters is 1. The summed E-state index contributed by atoms with van der Waals surface area (Å²) in [4.78, 5) is 18.0. The molecule has 0 unspecified atom stereocenters. The fourth-order valence-electron chi connectivity index (χ4n) is 1.35. The third-order valence-electron chi connectivity index (χ3n) is 2.13. The first kappa shape index (κ1) is 10.2. The number of imidazole rings is 1. The number of carbonyl (C=O) groups is 1. The average Bonchev–Trinajstić information content (AvgIpc) is 2.77. The van der Waals surface area contributed by atoms with Crippen molar-refractivity contribution in [1.82, 2.24) is 9.97 Å². The molecule has 0 fully saturated rings. The van der Waals surface area contributed by atoms with Crippen molar-refractivity contribution in [3.8, 4) is 11.8 Å². The molecule has 80 valence electrons. The Morgan fingerprint density at radius 1 is 1.56 bits per heavy atom. The van der Waals surface area contributed by atoms with E-state index >= 15 is 0 Å². The van der Waals surface area contributed by atoms with Gasteiger partial charge in [0.1, 0.15) is 11.9 Å². The van der Waals surface area contributed by atoms with Crippen LogP contribution in [-0.4, -0.2) is 23.0 Å². The van der Waals surface area contributed by atoms with Gasteiger partial charge in [0.25, 0.3) is 0 Å². The standard InChI is InChI=1S/C12H10N2O2/c1-16-11(15)7-3-5-9-4-2-6-10-12(9)14-8-13-10/h2,4,6,8H,7H2,1H3,(H,13,14). The van der Waals surface area contributed by atoms with Crippen LogP contribution in [0.3, 0.4) is 0 Å². The van der Waals surface area contributed by atoms with Crippen LogP contribution in [0.4, 0.5) is 0 Å². The fourth-order valence-corrected chi connectivity index (χ4v) is 1.35. The number of fused-ring (bicyclic) bond motifs is 1. The molecule has 1 N–H and O–H groups in total. The van der Waals surface area contributed by atoms with Gasteiger partial charge in [0, 0.05) is 0 Å². The molecule has 16 heavy (non-hydrogen) atoms. The minimum absolute atomic E-state index is 0.0946. The molecular formula is C12H10N2O2. The van der Waals surface area contributed by atoms with E-state index in [4.69, 9.17) is 0 Å². The molecule has 4 heteroatoms. The van der Waals surface area contributed by atoms with Gasteiger partial charge in [-0.3, -0.25) is 4.79 Å². The number of carbonyl (C=O) groups excluding carboxylic acids is 1. The summed E-state index contributed by atoms with van der Waals surface area (Å²) < 4.78 is 4.50. The van der Waals surface area contributed by atoms with Gasteiger partial charge in [-0.2, -0.15) is 0 Å². The first-order valence-electron chi connectivity index (χ1n) is 4.79. The van der Waals surface area contributed by atoms with Gasteiger partial charge >= 0.3 is 5.97 Å². The maximum absolute atomic E-state index is 10.9. The zero-order chi connectivity index (χ0) is 11.4. The number of methoxy groups -OCH3 is 1. The highest BCUT2D eigenvalue weighted by molar-refractivity contribution is 5.81. The summed E-state index contributed by atoms with van der Waals surface area (Å²) in [6, 6.07) is 5.68. The zero-order valence-electron chi connectivity index (χ0n) is 8.78. The predicted molar refractivity (Wildman–Crippen MR) is 59.6 cm³/mol. The summed E-state index contributed by atoms with van der Waals surface area (Å²) in [5.41, 5.74) is 2.56.